The molecule has 2 aliphatic rings. The van der Waals surface area contributed by atoms with E-state index in [1.807, 2.05) is 13.8 Å². The molecule has 0 aromatic carbocycles. The second-order valence-corrected chi connectivity index (χ2v) is 6.89. The van der Waals surface area contributed by atoms with Crippen LogP contribution in [0.2, 0.25) is 0 Å². The molecular formula is C17H30N2O2. The lowest BCUT2D eigenvalue weighted by Gasteiger charge is -2.30. The number of likely N-dealkylation sites (tertiary alicyclic amines) is 1. The average molecular weight is 294 g/mol. The first-order valence-electron chi connectivity index (χ1n) is 8.63. The third-order valence-corrected chi connectivity index (χ3v) is 4.96. The predicted octanol–water partition coefficient (Wildman–Crippen LogP) is 2.23. The van der Waals surface area contributed by atoms with E-state index < -0.39 is 0 Å². The van der Waals surface area contributed by atoms with Crippen LogP contribution in [0.25, 0.3) is 0 Å². The highest BCUT2D eigenvalue weighted by Gasteiger charge is 2.36. The molecule has 1 amide bonds. The van der Waals surface area contributed by atoms with Gasteiger partial charge in [0.25, 0.3) is 0 Å². The lowest BCUT2D eigenvalue weighted by atomic mass is 9.74. The van der Waals surface area contributed by atoms with Crippen LogP contribution in [0.15, 0.2) is 0 Å². The van der Waals surface area contributed by atoms with E-state index >= 15 is 0 Å². The van der Waals surface area contributed by atoms with Crippen molar-refractivity contribution in [1.29, 1.82) is 0 Å². The lowest BCUT2D eigenvalue weighted by molar-refractivity contribution is -0.137. The van der Waals surface area contributed by atoms with E-state index in [4.69, 9.17) is 0 Å². The Morgan fingerprint density at radius 3 is 2.29 bits per heavy atom. The first-order valence-corrected chi connectivity index (χ1v) is 8.63. The summed E-state index contributed by atoms with van der Waals surface area (Å²) in [5, 5.41) is 3.07. The molecule has 2 unspecified atom stereocenters. The fourth-order valence-corrected chi connectivity index (χ4v) is 3.69. The smallest absolute Gasteiger partial charge is 0.223 e. The Balaban J connectivity index is 1.81. The number of carbonyl (C=O) groups excluding carboxylic acids is 2. The van der Waals surface area contributed by atoms with E-state index in [2.05, 4.69) is 10.2 Å². The fourth-order valence-electron chi connectivity index (χ4n) is 3.69. The zero-order valence-electron chi connectivity index (χ0n) is 13.6. The van der Waals surface area contributed by atoms with Gasteiger partial charge < -0.3 is 10.2 Å². The zero-order chi connectivity index (χ0) is 15.2. The highest BCUT2D eigenvalue weighted by atomic mass is 16.2. The van der Waals surface area contributed by atoms with Gasteiger partial charge in [0.2, 0.25) is 5.91 Å². The van der Waals surface area contributed by atoms with Gasteiger partial charge >= 0.3 is 0 Å². The second kappa shape index (κ2) is 7.92. The van der Waals surface area contributed by atoms with Gasteiger partial charge in [0.1, 0.15) is 5.78 Å². The van der Waals surface area contributed by atoms with E-state index in [0.717, 1.165) is 51.9 Å². The second-order valence-electron chi connectivity index (χ2n) is 6.89. The largest absolute Gasteiger partial charge is 0.355 e. The van der Waals surface area contributed by atoms with Crippen LogP contribution >= 0.6 is 0 Å². The van der Waals surface area contributed by atoms with Crippen LogP contribution in [0.4, 0.5) is 0 Å². The van der Waals surface area contributed by atoms with Gasteiger partial charge in [0.05, 0.1) is 0 Å². The molecule has 2 fully saturated rings. The summed E-state index contributed by atoms with van der Waals surface area (Å²) in [5.41, 5.74) is 0. The Morgan fingerprint density at radius 1 is 1.05 bits per heavy atom. The number of nitrogens with one attached hydrogen (secondary N) is 1. The van der Waals surface area contributed by atoms with Gasteiger partial charge in [-0.2, -0.15) is 0 Å². The van der Waals surface area contributed by atoms with Crippen LogP contribution in [0.1, 0.15) is 52.4 Å². The average Bonchev–Trinajstić information content (AvgIpc) is 2.99. The molecular weight excluding hydrogens is 264 g/mol. The third kappa shape index (κ3) is 4.53. The van der Waals surface area contributed by atoms with Crippen LogP contribution in [-0.2, 0) is 9.59 Å². The first kappa shape index (κ1) is 16.5. The maximum Gasteiger partial charge on any atom is 0.223 e. The van der Waals surface area contributed by atoms with Gasteiger partial charge in [0.15, 0.2) is 0 Å². The topological polar surface area (TPSA) is 49.4 Å². The molecule has 1 aliphatic heterocycles. The number of Topliss-reactive ketones (excluding diaryl/α,β-unsaturated/α-hetero) is 1. The van der Waals surface area contributed by atoms with Gasteiger partial charge in [-0.1, -0.05) is 26.7 Å². The number of hydrogen-bond donors (Lipinski definition) is 1. The van der Waals surface area contributed by atoms with E-state index in [9.17, 15) is 9.59 Å². The van der Waals surface area contributed by atoms with Crippen molar-refractivity contribution in [3.63, 3.8) is 0 Å². The van der Waals surface area contributed by atoms with Crippen molar-refractivity contribution in [2.24, 2.45) is 17.8 Å². The predicted molar refractivity (Wildman–Crippen MR) is 84.0 cm³/mol. The minimum absolute atomic E-state index is 0.0352. The molecule has 4 heteroatoms. The maximum absolute atomic E-state index is 12.4. The third-order valence-electron chi connectivity index (χ3n) is 4.96. The molecule has 4 nitrogen and oxygen atoms in total. The molecule has 1 saturated carbocycles. The highest BCUT2D eigenvalue weighted by molar-refractivity contribution is 5.89. The van der Waals surface area contributed by atoms with Crippen LogP contribution in [0, 0.1) is 17.8 Å². The van der Waals surface area contributed by atoms with Crippen molar-refractivity contribution in [3.8, 4) is 0 Å². The van der Waals surface area contributed by atoms with Crippen LogP contribution in [0.5, 0.6) is 0 Å². The molecule has 1 saturated heterocycles. The quantitative estimate of drug-likeness (QED) is 0.817. The first-order chi connectivity index (χ1) is 10.1. The molecule has 1 aliphatic carbocycles. The fraction of sp³-hybridized carbons (Fsp3) is 0.882. The van der Waals surface area contributed by atoms with Gasteiger partial charge in [-0.15, -0.1) is 0 Å². The van der Waals surface area contributed by atoms with Crippen LogP contribution in [-0.4, -0.2) is 42.8 Å². The minimum Gasteiger partial charge on any atom is -0.355 e. The summed E-state index contributed by atoms with van der Waals surface area (Å²) in [6.45, 7) is 7.87. The van der Waals surface area contributed by atoms with Gasteiger partial charge in [-0.25, -0.2) is 0 Å². The van der Waals surface area contributed by atoms with Crippen molar-refractivity contribution in [2.75, 3.05) is 26.2 Å². The molecule has 0 spiro atoms. The standard InChI is InChI=1S/C17H30N2O2/c1-13(2)16(20)14-7-3-4-8-15(14)17(21)18-9-12-19-10-5-6-11-19/h13-15H,3-12H2,1-2H3,(H,18,21). The highest BCUT2D eigenvalue weighted by Crippen LogP contribution is 2.32. The van der Waals surface area contributed by atoms with Crippen molar-refractivity contribution in [2.45, 2.75) is 52.4 Å². The zero-order valence-corrected chi connectivity index (χ0v) is 13.6. The Kier molecular flexibility index (Phi) is 6.22. The minimum atomic E-state index is -0.0905. The van der Waals surface area contributed by atoms with E-state index in [0.29, 0.717) is 0 Å². The number of hydrogen-bond acceptors (Lipinski definition) is 3. The lowest BCUT2D eigenvalue weighted by Crippen LogP contribution is -2.43. The van der Waals surface area contributed by atoms with Gasteiger partial charge in [-0.3, -0.25) is 9.59 Å². The molecule has 2 rings (SSSR count). The molecule has 0 aromatic heterocycles. The summed E-state index contributed by atoms with van der Waals surface area (Å²) in [6.07, 6.45) is 6.48. The number of nitrogens with zero attached hydrogens (tertiary/aromatic N) is 1. The Morgan fingerprint density at radius 2 is 1.67 bits per heavy atom. The van der Waals surface area contributed by atoms with E-state index in [1.54, 1.807) is 0 Å². The molecule has 0 radical (unpaired) electrons. The van der Waals surface area contributed by atoms with Crippen molar-refractivity contribution in [3.05, 3.63) is 0 Å². The van der Waals surface area contributed by atoms with E-state index in [1.165, 1.54) is 12.8 Å². The maximum atomic E-state index is 12.4. The van der Waals surface area contributed by atoms with Gasteiger partial charge in [0, 0.05) is 30.8 Å². The van der Waals surface area contributed by atoms with Crippen LogP contribution < -0.4 is 5.32 Å². The normalized spacial score (nSPS) is 27.0. The van der Waals surface area contributed by atoms with Crippen LogP contribution in [0.3, 0.4) is 0 Å². The van der Waals surface area contributed by atoms with E-state index in [-0.39, 0.29) is 29.4 Å². The van der Waals surface area contributed by atoms with Crippen molar-refractivity contribution in [1.82, 2.24) is 10.2 Å². The Hall–Kier alpha value is -0.900. The molecule has 2 atom stereocenters. The number of amides is 1. The van der Waals surface area contributed by atoms with Crippen molar-refractivity contribution >= 4 is 11.7 Å². The monoisotopic (exact) mass is 294 g/mol. The Labute approximate surface area is 128 Å². The molecule has 0 bridgehead atoms. The number of rotatable bonds is 6. The summed E-state index contributed by atoms with van der Waals surface area (Å²) in [7, 11) is 0. The molecule has 1 heterocycles. The summed E-state index contributed by atoms with van der Waals surface area (Å²) in [4.78, 5) is 27.1. The summed E-state index contributed by atoms with van der Waals surface area (Å²) >= 11 is 0. The molecule has 21 heavy (non-hydrogen) atoms. The number of ketones is 1. The molecule has 0 aromatic rings. The van der Waals surface area contributed by atoms with Gasteiger partial charge in [-0.05, 0) is 38.8 Å². The SMILES string of the molecule is CC(C)C(=O)C1CCCCC1C(=O)NCCN1CCCC1. The summed E-state index contributed by atoms with van der Waals surface area (Å²) in [6, 6.07) is 0. The Bertz CT molecular complexity index is 362. The molecule has 1 N–H and O–H groups in total. The summed E-state index contributed by atoms with van der Waals surface area (Å²) in [5.74, 6) is 0.271. The molecule has 120 valence electrons. The van der Waals surface area contributed by atoms with Crippen molar-refractivity contribution < 1.29 is 9.59 Å². The summed E-state index contributed by atoms with van der Waals surface area (Å²) < 4.78 is 0. The number of carbonyl (C=O) groups is 2.